The second-order valence-electron chi connectivity index (χ2n) is 16.1. The predicted octanol–water partition coefficient (Wildman–Crippen LogP) is 13.2. The zero-order chi connectivity index (χ0) is 34.2. The van der Waals surface area contributed by atoms with Gasteiger partial charge in [-0.25, -0.2) is 9.98 Å². The van der Waals surface area contributed by atoms with Crippen LogP contribution >= 0.6 is 28.5 Å². The molecule has 0 amide bonds. The molecule has 0 spiro atoms. The molecular weight excluding hydrogens is 795 g/mol. The van der Waals surface area contributed by atoms with Crippen molar-refractivity contribution in [2.75, 3.05) is 0 Å². The number of aliphatic imine (C=N–C) groups is 2. The number of hydrogen-bond donors (Lipinski definition) is 0. The average Bonchev–Trinajstić information content (AvgIpc) is 3.78. The van der Waals surface area contributed by atoms with E-state index in [1.54, 1.807) is 0 Å². The van der Waals surface area contributed by atoms with Crippen molar-refractivity contribution in [3.05, 3.63) is 71.8 Å². The number of rotatable bonds is 8. The van der Waals surface area contributed by atoms with E-state index in [0.717, 1.165) is 11.8 Å². The maximum absolute atomic E-state index is 7.55. The maximum atomic E-state index is 7.55. The van der Waals surface area contributed by atoms with Gasteiger partial charge in [0.25, 0.3) is 0 Å². The van der Waals surface area contributed by atoms with Gasteiger partial charge in [-0.15, -0.1) is 0 Å². The molecule has 2 aromatic carbocycles. The van der Waals surface area contributed by atoms with Crippen molar-refractivity contribution in [3.63, 3.8) is 0 Å². The molecule has 0 N–H and O–H groups in total. The molecule has 0 saturated heterocycles. The van der Waals surface area contributed by atoms with Crippen LogP contribution < -0.4 is 0 Å². The van der Waals surface area contributed by atoms with E-state index in [1.807, 2.05) is 0 Å². The van der Waals surface area contributed by atoms with Gasteiger partial charge in [-0.3, -0.25) is 0 Å². The molecule has 276 valence electrons. The van der Waals surface area contributed by atoms with Gasteiger partial charge in [-0.1, -0.05) is 138 Å². The van der Waals surface area contributed by atoms with E-state index < -0.39 is 0 Å². The van der Waals surface area contributed by atoms with Gasteiger partial charge in [0, 0.05) is 23.7 Å². The van der Waals surface area contributed by atoms with Gasteiger partial charge in [0.1, 0.15) is 23.3 Å². The summed E-state index contributed by atoms with van der Waals surface area (Å²) < 4.78 is 15.1. The van der Waals surface area contributed by atoms with Crippen LogP contribution in [0.4, 0.5) is 0 Å². The molecule has 0 bridgehead atoms. The fraction of sp³-hybridized carbons (Fsp3) is 0.674. The summed E-state index contributed by atoms with van der Waals surface area (Å²) in [4.78, 5) is 11.3. The molecule has 0 aromatic heterocycles. The molecular formula is C43H58Br2N2NiO2. The van der Waals surface area contributed by atoms with Gasteiger partial charge in [0.05, 0.1) is 6.42 Å². The first-order valence-corrected chi connectivity index (χ1v) is 25.0. The Bertz CT molecular complexity index is 1250. The van der Waals surface area contributed by atoms with Crippen LogP contribution in [0.2, 0.25) is 0 Å². The Morgan fingerprint density at radius 2 is 0.760 bits per heavy atom. The molecule has 2 aliphatic heterocycles. The molecule has 7 heteroatoms. The van der Waals surface area contributed by atoms with Crippen molar-refractivity contribution < 1.29 is 20.4 Å². The average molecular weight is 853 g/mol. The molecule has 8 rings (SSSR count). The van der Waals surface area contributed by atoms with Gasteiger partial charge < -0.3 is 9.47 Å². The number of hydrogen-bond acceptors (Lipinski definition) is 4. The van der Waals surface area contributed by atoms with Crippen LogP contribution in [0.15, 0.2) is 70.6 Å². The zero-order valence-electron chi connectivity index (χ0n) is 29.9. The van der Waals surface area contributed by atoms with Crippen LogP contribution in [-0.4, -0.2) is 23.0 Å². The molecule has 4 fully saturated rings. The van der Waals surface area contributed by atoms with Crippen LogP contribution in [0.5, 0.6) is 0 Å². The Balaban J connectivity index is 0.00000126. The molecule has 2 heterocycles. The summed E-state index contributed by atoms with van der Waals surface area (Å²) in [6.45, 7) is 0. The molecule has 50 heavy (non-hydrogen) atoms. The third-order valence-corrected chi connectivity index (χ3v) is 13.5. The molecule has 4 saturated carbocycles. The fourth-order valence-electron chi connectivity index (χ4n) is 11.4. The Labute approximate surface area is 322 Å². The van der Waals surface area contributed by atoms with Crippen molar-refractivity contribution in [1.82, 2.24) is 0 Å². The largest absolute Gasteiger partial charge is 0.471 e. The van der Waals surface area contributed by atoms with E-state index in [4.69, 9.17) is 19.5 Å². The normalized spacial score (nSPS) is 27.8. The Morgan fingerprint density at radius 3 is 1.04 bits per heavy atom. The third-order valence-electron chi connectivity index (χ3n) is 13.5. The topological polar surface area (TPSA) is 43.2 Å². The van der Waals surface area contributed by atoms with Crippen LogP contribution in [-0.2, 0) is 20.4 Å². The number of nitrogens with zero attached hydrogens (tertiary/aromatic N) is 2. The third kappa shape index (κ3) is 7.73. The minimum Gasteiger partial charge on any atom is -0.471 e. The molecule has 4 nitrogen and oxygen atoms in total. The van der Waals surface area contributed by atoms with Gasteiger partial charge in [0.15, 0.2) is 11.8 Å². The van der Waals surface area contributed by atoms with Gasteiger partial charge in [-0.05, 0) is 62.5 Å². The number of ether oxygens (including phenoxy) is 2. The SMILES string of the molecule is [Br][Ni][Br].c1ccc([C@H]2N=C(CC3=N[C@H](c4ccccc4)C(C4CCCCC4)(C4CCCCC4)O3)OC2(C2CCCCC2)C2CCCCC2)cc1. The first kappa shape index (κ1) is 37.2. The summed E-state index contributed by atoms with van der Waals surface area (Å²) in [5.41, 5.74) is 2.15. The van der Waals surface area contributed by atoms with Crippen LogP contribution in [0.1, 0.15) is 158 Å². The van der Waals surface area contributed by atoms with Crippen LogP contribution in [0.3, 0.4) is 0 Å². The summed E-state index contributed by atoms with van der Waals surface area (Å²) in [6, 6.07) is 22.5. The molecule has 2 atom stereocenters. The Morgan fingerprint density at radius 1 is 0.480 bits per heavy atom. The maximum Gasteiger partial charge on any atom is 0.194 e. The standard InChI is InChI=1S/C43H58N2O2.2BrH.Ni/c1-7-19-32(20-8-1)40-42(34-23-11-3-12-24-34,35-25-13-4-14-26-35)46-38(44-40)31-39-45-41(33-21-9-2-10-22-33)43(47-39,36-27-15-5-16-28-36)37-29-17-6-18-30-37;;;/h1-2,7-10,19-22,34-37,40-41H,3-6,11-18,23-31H2;2*1H;/q;;;+2/p-2/t40-,41-;;;/m1.../s1. The second kappa shape index (κ2) is 17.8. The van der Waals surface area contributed by atoms with Crippen molar-refractivity contribution in [2.45, 2.75) is 158 Å². The van der Waals surface area contributed by atoms with E-state index >= 15 is 0 Å². The molecule has 0 radical (unpaired) electrons. The van der Waals surface area contributed by atoms with Crippen LogP contribution in [0.25, 0.3) is 0 Å². The summed E-state index contributed by atoms with van der Waals surface area (Å²) >= 11 is 6.00. The smallest absolute Gasteiger partial charge is 0.194 e. The van der Waals surface area contributed by atoms with Crippen molar-refractivity contribution >= 4 is 40.2 Å². The minimum absolute atomic E-state index is 0.0540. The first-order valence-electron chi connectivity index (χ1n) is 20.1. The first-order chi connectivity index (χ1) is 24.7. The Hall–Kier alpha value is -1.17. The van der Waals surface area contributed by atoms with E-state index in [9.17, 15) is 0 Å². The molecule has 2 aromatic rings. The van der Waals surface area contributed by atoms with E-state index in [-0.39, 0.29) is 23.3 Å². The van der Waals surface area contributed by atoms with Crippen molar-refractivity contribution in [1.29, 1.82) is 0 Å². The predicted molar refractivity (Wildman–Crippen MR) is 210 cm³/mol. The Kier molecular flexibility index (Phi) is 13.2. The quantitative estimate of drug-likeness (QED) is 0.248. The van der Waals surface area contributed by atoms with Crippen molar-refractivity contribution in [2.24, 2.45) is 33.7 Å². The van der Waals surface area contributed by atoms with Crippen LogP contribution in [0, 0.1) is 23.7 Å². The number of halogens is 2. The zero-order valence-corrected chi connectivity index (χ0v) is 34.0. The van der Waals surface area contributed by atoms with E-state index in [1.165, 1.54) is 150 Å². The van der Waals surface area contributed by atoms with E-state index in [0.29, 0.717) is 30.1 Å². The van der Waals surface area contributed by atoms with Gasteiger partial charge >= 0.3 is 39.3 Å². The molecule has 0 unspecified atom stereocenters. The molecule has 4 aliphatic carbocycles. The summed E-state index contributed by atoms with van der Waals surface area (Å²) in [6.07, 6.45) is 26.7. The molecule has 6 aliphatic rings. The van der Waals surface area contributed by atoms with Gasteiger partial charge in [0.2, 0.25) is 0 Å². The fourth-order valence-corrected chi connectivity index (χ4v) is 11.4. The van der Waals surface area contributed by atoms with Gasteiger partial charge in [-0.2, -0.15) is 0 Å². The second-order valence-corrected chi connectivity index (χ2v) is 21.1. The summed E-state index contributed by atoms with van der Waals surface area (Å²) in [7, 11) is 1.25. The van der Waals surface area contributed by atoms with Crippen molar-refractivity contribution in [3.8, 4) is 0 Å². The number of benzene rings is 2. The minimum atomic E-state index is -0.251. The monoisotopic (exact) mass is 850 g/mol. The summed E-state index contributed by atoms with van der Waals surface area (Å²) in [5.74, 6) is 4.00. The summed E-state index contributed by atoms with van der Waals surface area (Å²) in [5, 5.41) is 0. The van der Waals surface area contributed by atoms with E-state index in [2.05, 4.69) is 89.1 Å².